The van der Waals surface area contributed by atoms with Crippen LogP contribution in [-0.2, 0) is 16.0 Å². The van der Waals surface area contributed by atoms with E-state index in [4.69, 9.17) is 26.1 Å². The number of allylic oxidation sites excluding steroid dienone is 1. The van der Waals surface area contributed by atoms with Gasteiger partial charge in [0.05, 0.1) is 19.9 Å². The molecule has 1 heterocycles. The summed E-state index contributed by atoms with van der Waals surface area (Å²) in [5.74, 6) is 1.02. The van der Waals surface area contributed by atoms with Crippen LogP contribution in [0.3, 0.4) is 0 Å². The van der Waals surface area contributed by atoms with Crippen molar-refractivity contribution in [3.63, 3.8) is 0 Å². The molecule has 1 aliphatic rings. The first-order chi connectivity index (χ1) is 13.6. The van der Waals surface area contributed by atoms with Crippen LogP contribution < -0.4 is 4.74 Å². The molecule has 28 heavy (non-hydrogen) atoms. The third-order valence-electron chi connectivity index (χ3n) is 4.85. The second-order valence-electron chi connectivity index (χ2n) is 6.72. The molecule has 0 N–H and O–H groups in total. The van der Waals surface area contributed by atoms with Crippen LogP contribution in [0.1, 0.15) is 47.6 Å². The van der Waals surface area contributed by atoms with E-state index < -0.39 is 0 Å². The zero-order valence-corrected chi connectivity index (χ0v) is 18.3. The Labute approximate surface area is 179 Å². The number of nitrogens with zero attached hydrogens (tertiary/aromatic N) is 1. The molecule has 1 saturated carbocycles. The van der Waals surface area contributed by atoms with Gasteiger partial charge in [-0.3, -0.25) is 4.79 Å². The monoisotopic (exact) mass is 463 g/mol. The number of hydrogen-bond acceptors (Lipinski definition) is 4. The summed E-state index contributed by atoms with van der Waals surface area (Å²) in [5.41, 5.74) is 4.90. The molecule has 0 aliphatic heterocycles. The molecule has 0 atom stereocenters. The van der Waals surface area contributed by atoms with E-state index in [2.05, 4.69) is 28.1 Å². The maximum atomic E-state index is 11.4. The number of ether oxygens (including phenoxy) is 2. The number of alkyl halides is 1. The van der Waals surface area contributed by atoms with Gasteiger partial charge in [0, 0.05) is 27.9 Å². The summed E-state index contributed by atoms with van der Waals surface area (Å²) < 4.78 is 10.2. The lowest BCUT2D eigenvalue weighted by molar-refractivity contribution is -0.140. The maximum absolute atomic E-state index is 11.4. The molecular weight excluding hydrogens is 442 g/mol. The molecule has 0 radical (unpaired) electrons. The average Bonchev–Trinajstić information content (AvgIpc) is 3.55. The third kappa shape index (κ3) is 4.95. The molecule has 1 aliphatic carbocycles. The van der Waals surface area contributed by atoms with Gasteiger partial charge in [-0.2, -0.15) is 0 Å². The summed E-state index contributed by atoms with van der Waals surface area (Å²) >= 11 is 9.98. The van der Waals surface area contributed by atoms with Gasteiger partial charge in [0.2, 0.25) is 5.88 Å². The third-order valence-corrected chi connectivity index (χ3v) is 5.52. The summed E-state index contributed by atoms with van der Waals surface area (Å²) in [6.45, 7) is 0. The van der Waals surface area contributed by atoms with Gasteiger partial charge < -0.3 is 9.47 Å². The van der Waals surface area contributed by atoms with Crippen molar-refractivity contribution in [1.82, 2.24) is 4.98 Å². The van der Waals surface area contributed by atoms with Gasteiger partial charge in [-0.15, -0.1) is 0 Å². The van der Waals surface area contributed by atoms with E-state index in [0.29, 0.717) is 35.0 Å². The van der Waals surface area contributed by atoms with E-state index >= 15 is 0 Å². The number of aromatic nitrogens is 1. The van der Waals surface area contributed by atoms with E-state index in [1.807, 2.05) is 24.3 Å². The number of pyridine rings is 1. The fourth-order valence-corrected chi connectivity index (χ4v) is 3.77. The molecule has 1 fully saturated rings. The summed E-state index contributed by atoms with van der Waals surface area (Å²) in [4.78, 5) is 16.1. The number of aryl methyl sites for hydroxylation is 1. The number of rotatable bonds is 8. The standard InChI is InChI=1S/C22H23BrClNO3/c1-27-21(26)10-7-15-5-6-16(13-19(15)24)17(11-12-23)20-9-8-18(14-3-4-14)22(25-20)28-2/h5-6,8-9,11,13-14H,3-4,7,10,12H2,1-2H3/b17-11+. The highest BCUT2D eigenvalue weighted by Crippen LogP contribution is 2.44. The Morgan fingerprint density at radius 3 is 2.68 bits per heavy atom. The van der Waals surface area contributed by atoms with Crippen LogP contribution in [-0.4, -0.2) is 30.5 Å². The summed E-state index contributed by atoms with van der Waals surface area (Å²) in [5, 5.41) is 1.32. The largest absolute Gasteiger partial charge is 0.481 e. The van der Waals surface area contributed by atoms with Crippen molar-refractivity contribution in [1.29, 1.82) is 0 Å². The molecule has 148 valence electrons. The number of carbonyl (C=O) groups is 1. The summed E-state index contributed by atoms with van der Waals surface area (Å²) in [6, 6.07) is 10.1. The first kappa shape index (κ1) is 20.9. The van der Waals surface area contributed by atoms with Crippen molar-refractivity contribution in [2.24, 2.45) is 0 Å². The number of hydrogen-bond donors (Lipinski definition) is 0. The molecule has 0 spiro atoms. The van der Waals surface area contributed by atoms with Gasteiger partial charge in [0.15, 0.2) is 0 Å². The van der Waals surface area contributed by atoms with Gasteiger partial charge in [0.1, 0.15) is 0 Å². The minimum Gasteiger partial charge on any atom is -0.481 e. The molecule has 1 aromatic carbocycles. The van der Waals surface area contributed by atoms with Gasteiger partial charge in [0.25, 0.3) is 0 Å². The van der Waals surface area contributed by atoms with E-state index in [9.17, 15) is 4.79 Å². The van der Waals surface area contributed by atoms with Crippen molar-refractivity contribution in [3.05, 3.63) is 63.8 Å². The molecule has 6 heteroatoms. The molecular formula is C22H23BrClNO3. The van der Waals surface area contributed by atoms with Crippen molar-refractivity contribution >= 4 is 39.1 Å². The molecule has 0 amide bonds. The van der Waals surface area contributed by atoms with Crippen molar-refractivity contribution in [3.8, 4) is 5.88 Å². The zero-order valence-electron chi connectivity index (χ0n) is 16.0. The Hall–Kier alpha value is -1.85. The van der Waals surface area contributed by atoms with Gasteiger partial charge >= 0.3 is 5.97 Å². The van der Waals surface area contributed by atoms with Crippen molar-refractivity contribution in [2.75, 3.05) is 19.5 Å². The number of methoxy groups -OCH3 is 2. The van der Waals surface area contributed by atoms with Crippen molar-refractivity contribution < 1.29 is 14.3 Å². The van der Waals surface area contributed by atoms with Crippen LogP contribution in [0.5, 0.6) is 5.88 Å². The fourth-order valence-electron chi connectivity index (χ4n) is 3.17. The zero-order chi connectivity index (χ0) is 20.1. The fraction of sp³-hybridized carbons (Fsp3) is 0.364. The quantitative estimate of drug-likeness (QED) is 0.379. The molecule has 4 nitrogen and oxygen atoms in total. The lowest BCUT2D eigenvalue weighted by Gasteiger charge is -2.13. The Morgan fingerprint density at radius 1 is 1.29 bits per heavy atom. The number of carbonyl (C=O) groups excluding carboxylic acids is 1. The Morgan fingerprint density at radius 2 is 2.07 bits per heavy atom. The lowest BCUT2D eigenvalue weighted by atomic mass is 9.98. The maximum Gasteiger partial charge on any atom is 0.305 e. The predicted octanol–water partition coefficient (Wildman–Crippen LogP) is 5.55. The highest BCUT2D eigenvalue weighted by molar-refractivity contribution is 9.09. The predicted molar refractivity (Wildman–Crippen MR) is 115 cm³/mol. The first-order valence-electron chi connectivity index (χ1n) is 9.24. The van der Waals surface area contributed by atoms with Crippen LogP contribution in [0.15, 0.2) is 36.4 Å². The minimum absolute atomic E-state index is 0.243. The molecule has 0 saturated heterocycles. The summed E-state index contributed by atoms with van der Waals surface area (Å²) in [6.07, 6.45) is 5.32. The normalized spacial score (nSPS) is 14.1. The average molecular weight is 465 g/mol. The van der Waals surface area contributed by atoms with Crippen LogP contribution in [0.2, 0.25) is 5.02 Å². The molecule has 0 bridgehead atoms. The second kappa shape index (κ2) is 9.57. The molecule has 3 rings (SSSR count). The summed E-state index contributed by atoms with van der Waals surface area (Å²) in [7, 11) is 3.05. The van der Waals surface area contributed by atoms with E-state index in [-0.39, 0.29) is 5.97 Å². The van der Waals surface area contributed by atoms with Crippen LogP contribution in [0, 0.1) is 0 Å². The molecule has 1 aromatic heterocycles. The Balaban J connectivity index is 1.89. The van der Waals surface area contributed by atoms with Crippen LogP contribution in [0.25, 0.3) is 5.57 Å². The topological polar surface area (TPSA) is 48.4 Å². The van der Waals surface area contributed by atoms with E-state index in [1.165, 1.54) is 25.5 Å². The highest BCUT2D eigenvalue weighted by Gasteiger charge is 2.27. The minimum atomic E-state index is -0.243. The Bertz CT molecular complexity index is 893. The number of esters is 1. The molecule has 0 unspecified atom stereocenters. The second-order valence-corrected chi connectivity index (χ2v) is 7.78. The number of benzene rings is 1. The van der Waals surface area contributed by atoms with Gasteiger partial charge in [-0.1, -0.05) is 51.8 Å². The number of halogens is 2. The van der Waals surface area contributed by atoms with E-state index in [0.717, 1.165) is 22.4 Å². The lowest BCUT2D eigenvalue weighted by Crippen LogP contribution is -2.03. The first-order valence-corrected chi connectivity index (χ1v) is 10.7. The van der Waals surface area contributed by atoms with E-state index in [1.54, 1.807) is 7.11 Å². The van der Waals surface area contributed by atoms with Gasteiger partial charge in [-0.05, 0) is 48.4 Å². The van der Waals surface area contributed by atoms with Crippen LogP contribution in [0.4, 0.5) is 0 Å². The molecule has 2 aromatic rings. The van der Waals surface area contributed by atoms with Crippen LogP contribution >= 0.6 is 27.5 Å². The Kier molecular flexibility index (Phi) is 7.13. The van der Waals surface area contributed by atoms with Gasteiger partial charge in [-0.25, -0.2) is 4.98 Å². The van der Waals surface area contributed by atoms with Crippen molar-refractivity contribution in [2.45, 2.75) is 31.6 Å². The highest BCUT2D eigenvalue weighted by atomic mass is 79.9. The SMILES string of the molecule is COC(=O)CCc1ccc(/C(=C\CBr)c2ccc(C3CC3)c(OC)n2)cc1Cl. The smallest absolute Gasteiger partial charge is 0.305 e.